The van der Waals surface area contributed by atoms with Crippen molar-refractivity contribution in [2.24, 2.45) is 5.73 Å². The number of aryl methyl sites for hydroxylation is 1. The van der Waals surface area contributed by atoms with Crippen LogP contribution < -0.4 is 5.73 Å². The van der Waals surface area contributed by atoms with Crippen LogP contribution in [0.25, 0.3) is 0 Å². The molecule has 0 bridgehead atoms. The molecule has 4 nitrogen and oxygen atoms in total. The highest BCUT2D eigenvalue weighted by atomic mass is 16.3. The maximum absolute atomic E-state index is 5.86. The third kappa shape index (κ3) is 2.78. The van der Waals surface area contributed by atoms with Gasteiger partial charge >= 0.3 is 0 Å². The van der Waals surface area contributed by atoms with Gasteiger partial charge in [0, 0.05) is 37.3 Å². The molecule has 3 rings (SSSR count). The molecule has 0 spiro atoms. The molecule has 0 radical (unpaired) electrons. The number of fused-ring (bicyclic) bond motifs is 1. The summed E-state index contributed by atoms with van der Waals surface area (Å²) in [7, 11) is 0. The Balaban J connectivity index is 1.66. The van der Waals surface area contributed by atoms with Crippen LogP contribution in [-0.2, 0) is 13.1 Å². The van der Waals surface area contributed by atoms with Crippen LogP contribution in [-0.4, -0.2) is 41.5 Å². The summed E-state index contributed by atoms with van der Waals surface area (Å²) in [5, 5.41) is 0. The summed E-state index contributed by atoms with van der Waals surface area (Å²) in [6.07, 6.45) is 4.12. The Kier molecular flexibility index (Phi) is 4.15. The fraction of sp³-hybridized carbons (Fsp3) is 0.750. The predicted molar refractivity (Wildman–Crippen MR) is 80.4 cm³/mol. The Morgan fingerprint density at radius 1 is 1.35 bits per heavy atom. The predicted octanol–water partition coefficient (Wildman–Crippen LogP) is 2.11. The number of hydrogen-bond acceptors (Lipinski definition) is 4. The summed E-state index contributed by atoms with van der Waals surface area (Å²) >= 11 is 0. The highest BCUT2D eigenvalue weighted by Gasteiger charge is 2.33. The molecule has 0 amide bonds. The molecule has 2 N–H and O–H groups in total. The molecule has 20 heavy (non-hydrogen) atoms. The summed E-state index contributed by atoms with van der Waals surface area (Å²) in [4.78, 5) is 5.26. The van der Waals surface area contributed by atoms with Gasteiger partial charge in [-0.1, -0.05) is 6.42 Å². The zero-order valence-corrected chi connectivity index (χ0v) is 12.8. The number of nitrogens with two attached hydrogens (primary N) is 1. The molecule has 3 heterocycles. The SMILES string of the molecule is Cc1oc(CN2CC3CCCCN3CC2C)cc1CN. The second kappa shape index (κ2) is 5.88. The molecule has 2 saturated heterocycles. The number of rotatable bonds is 3. The van der Waals surface area contributed by atoms with E-state index in [-0.39, 0.29) is 0 Å². The van der Waals surface area contributed by atoms with Crippen molar-refractivity contribution in [2.45, 2.75) is 58.3 Å². The third-order valence-corrected chi connectivity index (χ3v) is 4.97. The minimum Gasteiger partial charge on any atom is -0.465 e. The van der Waals surface area contributed by atoms with Crippen LogP contribution in [0.3, 0.4) is 0 Å². The monoisotopic (exact) mass is 277 g/mol. The lowest BCUT2D eigenvalue weighted by Crippen LogP contribution is -2.58. The number of furan rings is 1. The van der Waals surface area contributed by atoms with Crippen molar-refractivity contribution in [3.8, 4) is 0 Å². The third-order valence-electron chi connectivity index (χ3n) is 4.97. The number of piperazine rings is 1. The topological polar surface area (TPSA) is 45.6 Å². The summed E-state index contributed by atoms with van der Waals surface area (Å²) in [5.74, 6) is 2.05. The van der Waals surface area contributed by atoms with E-state index in [2.05, 4.69) is 22.8 Å². The first-order valence-electron chi connectivity index (χ1n) is 7.93. The zero-order valence-electron chi connectivity index (χ0n) is 12.8. The lowest BCUT2D eigenvalue weighted by Gasteiger charge is -2.47. The van der Waals surface area contributed by atoms with Gasteiger partial charge < -0.3 is 10.2 Å². The van der Waals surface area contributed by atoms with Crippen LogP contribution in [0.4, 0.5) is 0 Å². The molecular formula is C16H27N3O. The standard InChI is InChI=1S/C16H27N3O/c1-12-9-18-6-4-3-5-15(18)10-19(12)11-16-7-14(8-17)13(2)20-16/h7,12,15H,3-6,8-11,17H2,1-2H3. The van der Waals surface area contributed by atoms with Gasteiger partial charge in [0.1, 0.15) is 11.5 Å². The second-order valence-corrected chi connectivity index (χ2v) is 6.42. The largest absolute Gasteiger partial charge is 0.465 e. The van der Waals surface area contributed by atoms with Gasteiger partial charge in [-0.3, -0.25) is 9.80 Å². The maximum Gasteiger partial charge on any atom is 0.118 e. The summed E-state index contributed by atoms with van der Waals surface area (Å²) in [6, 6.07) is 3.50. The van der Waals surface area contributed by atoms with Crippen molar-refractivity contribution in [1.82, 2.24) is 9.80 Å². The Hall–Kier alpha value is -0.840. The second-order valence-electron chi connectivity index (χ2n) is 6.42. The van der Waals surface area contributed by atoms with Crippen LogP contribution in [0.1, 0.15) is 43.3 Å². The van der Waals surface area contributed by atoms with E-state index in [1.54, 1.807) is 0 Å². The quantitative estimate of drug-likeness (QED) is 0.919. The molecule has 2 aliphatic rings. The average Bonchev–Trinajstić information content (AvgIpc) is 2.79. The molecule has 0 aliphatic carbocycles. The van der Waals surface area contributed by atoms with Crippen molar-refractivity contribution in [1.29, 1.82) is 0 Å². The van der Waals surface area contributed by atoms with Crippen molar-refractivity contribution >= 4 is 0 Å². The Bertz CT molecular complexity index is 457. The highest BCUT2D eigenvalue weighted by Crippen LogP contribution is 2.26. The van der Waals surface area contributed by atoms with E-state index in [1.165, 1.54) is 38.9 Å². The van der Waals surface area contributed by atoms with Gasteiger partial charge in [-0.15, -0.1) is 0 Å². The van der Waals surface area contributed by atoms with Crippen LogP contribution in [0, 0.1) is 6.92 Å². The van der Waals surface area contributed by atoms with Crippen molar-refractivity contribution in [3.63, 3.8) is 0 Å². The molecule has 2 aliphatic heterocycles. The minimum absolute atomic E-state index is 0.571. The van der Waals surface area contributed by atoms with Crippen LogP contribution >= 0.6 is 0 Å². The van der Waals surface area contributed by atoms with Crippen molar-refractivity contribution < 1.29 is 4.42 Å². The molecule has 1 aromatic heterocycles. The van der Waals surface area contributed by atoms with Crippen LogP contribution in [0.2, 0.25) is 0 Å². The van der Waals surface area contributed by atoms with Gasteiger partial charge in [-0.25, -0.2) is 0 Å². The lowest BCUT2D eigenvalue weighted by atomic mass is 9.97. The van der Waals surface area contributed by atoms with Gasteiger partial charge in [0.05, 0.1) is 6.54 Å². The molecule has 4 heteroatoms. The van der Waals surface area contributed by atoms with E-state index < -0.39 is 0 Å². The first kappa shape index (κ1) is 14.1. The zero-order chi connectivity index (χ0) is 14.1. The molecule has 0 saturated carbocycles. The molecule has 2 unspecified atom stereocenters. The minimum atomic E-state index is 0.571. The average molecular weight is 277 g/mol. The van der Waals surface area contributed by atoms with Gasteiger partial charge in [-0.2, -0.15) is 0 Å². The molecule has 112 valence electrons. The van der Waals surface area contributed by atoms with Crippen molar-refractivity contribution in [3.05, 3.63) is 23.2 Å². The van der Waals surface area contributed by atoms with E-state index in [4.69, 9.17) is 10.2 Å². The summed E-state index contributed by atoms with van der Waals surface area (Å²) in [6.45, 7) is 9.51. The normalized spacial score (nSPS) is 28.6. The number of nitrogens with zero attached hydrogens (tertiary/aromatic N) is 2. The van der Waals surface area contributed by atoms with Gasteiger partial charge in [-0.05, 0) is 39.3 Å². The Morgan fingerprint density at radius 2 is 2.20 bits per heavy atom. The fourth-order valence-electron chi connectivity index (χ4n) is 3.70. The highest BCUT2D eigenvalue weighted by molar-refractivity contribution is 5.20. The maximum atomic E-state index is 5.86. The molecular weight excluding hydrogens is 250 g/mol. The Morgan fingerprint density at radius 3 is 2.95 bits per heavy atom. The first-order chi connectivity index (χ1) is 9.67. The molecule has 1 aromatic rings. The van der Waals surface area contributed by atoms with E-state index in [1.807, 2.05) is 6.92 Å². The lowest BCUT2D eigenvalue weighted by molar-refractivity contribution is 0.00796. The molecule has 0 aromatic carbocycles. The summed E-state index contributed by atoms with van der Waals surface area (Å²) < 4.78 is 5.86. The fourth-order valence-corrected chi connectivity index (χ4v) is 3.70. The van der Waals surface area contributed by atoms with Gasteiger partial charge in [0.2, 0.25) is 0 Å². The van der Waals surface area contributed by atoms with Gasteiger partial charge in [0.15, 0.2) is 0 Å². The van der Waals surface area contributed by atoms with Gasteiger partial charge in [0.25, 0.3) is 0 Å². The van der Waals surface area contributed by atoms with E-state index in [0.29, 0.717) is 12.6 Å². The van der Waals surface area contributed by atoms with Crippen LogP contribution in [0.5, 0.6) is 0 Å². The van der Waals surface area contributed by atoms with Crippen molar-refractivity contribution in [2.75, 3.05) is 19.6 Å². The summed E-state index contributed by atoms with van der Waals surface area (Å²) in [5.41, 5.74) is 6.87. The Labute approximate surface area is 121 Å². The number of hydrogen-bond donors (Lipinski definition) is 1. The first-order valence-corrected chi connectivity index (χ1v) is 7.93. The van der Waals surface area contributed by atoms with Crippen LogP contribution in [0.15, 0.2) is 10.5 Å². The van der Waals surface area contributed by atoms with E-state index in [0.717, 1.165) is 29.7 Å². The molecule has 2 atom stereocenters. The van der Waals surface area contributed by atoms with E-state index >= 15 is 0 Å². The van der Waals surface area contributed by atoms with E-state index in [9.17, 15) is 0 Å². The molecule has 2 fully saturated rings. The smallest absolute Gasteiger partial charge is 0.118 e. The number of piperidine rings is 1.